The minimum atomic E-state index is -0.408. The number of benzene rings is 1. The molecular formula is C17H24N2O. The van der Waals surface area contributed by atoms with Crippen LogP contribution in [-0.4, -0.2) is 18.2 Å². The molecule has 20 heavy (non-hydrogen) atoms. The lowest BCUT2D eigenvalue weighted by Crippen LogP contribution is -2.47. The van der Waals surface area contributed by atoms with E-state index in [0.717, 1.165) is 18.6 Å². The average molecular weight is 272 g/mol. The highest BCUT2D eigenvalue weighted by Gasteiger charge is 2.65. The SMILES string of the molecule is COc1cccc(C[C@]2(C)C[C@]2(C#N)NC(C)(C)C)c1. The molecule has 1 saturated carbocycles. The van der Waals surface area contributed by atoms with E-state index in [-0.39, 0.29) is 11.0 Å². The molecule has 0 aromatic heterocycles. The second kappa shape index (κ2) is 4.79. The number of nitrogens with one attached hydrogen (secondary N) is 1. The van der Waals surface area contributed by atoms with Gasteiger partial charge in [0, 0.05) is 11.0 Å². The minimum absolute atomic E-state index is 0.0125. The molecule has 1 fully saturated rings. The molecule has 0 bridgehead atoms. The van der Waals surface area contributed by atoms with Gasteiger partial charge in [0.15, 0.2) is 0 Å². The predicted molar refractivity (Wildman–Crippen MR) is 80.7 cm³/mol. The molecule has 2 atom stereocenters. The molecule has 2 rings (SSSR count). The molecule has 0 saturated heterocycles. The first-order valence-electron chi connectivity index (χ1n) is 7.07. The van der Waals surface area contributed by atoms with Crippen molar-refractivity contribution in [3.8, 4) is 11.8 Å². The van der Waals surface area contributed by atoms with Crippen molar-refractivity contribution < 1.29 is 4.74 Å². The molecule has 0 amide bonds. The normalized spacial score (nSPS) is 28.8. The van der Waals surface area contributed by atoms with Crippen molar-refractivity contribution in [2.75, 3.05) is 7.11 Å². The largest absolute Gasteiger partial charge is 0.497 e. The van der Waals surface area contributed by atoms with Crippen molar-refractivity contribution in [1.29, 1.82) is 5.26 Å². The van der Waals surface area contributed by atoms with E-state index in [0.29, 0.717) is 0 Å². The van der Waals surface area contributed by atoms with Gasteiger partial charge in [-0.3, -0.25) is 5.32 Å². The van der Waals surface area contributed by atoms with Crippen molar-refractivity contribution in [2.24, 2.45) is 5.41 Å². The van der Waals surface area contributed by atoms with Crippen LogP contribution in [0.5, 0.6) is 5.75 Å². The van der Waals surface area contributed by atoms with E-state index < -0.39 is 5.54 Å². The summed E-state index contributed by atoms with van der Waals surface area (Å²) in [6, 6.07) is 10.6. The summed E-state index contributed by atoms with van der Waals surface area (Å²) in [4.78, 5) is 0. The summed E-state index contributed by atoms with van der Waals surface area (Å²) >= 11 is 0. The van der Waals surface area contributed by atoms with E-state index in [1.807, 2.05) is 12.1 Å². The van der Waals surface area contributed by atoms with Crippen molar-refractivity contribution in [2.45, 2.75) is 51.6 Å². The average Bonchev–Trinajstić information content (AvgIpc) is 2.91. The third-order valence-electron chi connectivity index (χ3n) is 4.07. The third kappa shape index (κ3) is 2.81. The van der Waals surface area contributed by atoms with Gasteiger partial charge in [-0.2, -0.15) is 5.26 Å². The molecule has 1 aromatic rings. The fourth-order valence-electron chi connectivity index (χ4n) is 3.03. The molecule has 1 aliphatic carbocycles. The lowest BCUT2D eigenvalue weighted by atomic mass is 9.92. The molecule has 0 radical (unpaired) electrons. The highest BCUT2D eigenvalue weighted by atomic mass is 16.5. The first-order valence-corrected chi connectivity index (χ1v) is 7.07. The number of nitriles is 1. The fraction of sp³-hybridized carbons (Fsp3) is 0.588. The van der Waals surface area contributed by atoms with Crippen LogP contribution >= 0.6 is 0 Å². The predicted octanol–water partition coefficient (Wildman–Crippen LogP) is 3.30. The molecule has 1 aliphatic rings. The summed E-state index contributed by atoms with van der Waals surface area (Å²) in [5.74, 6) is 0.873. The van der Waals surface area contributed by atoms with E-state index in [1.54, 1.807) is 7.11 Å². The molecule has 1 aromatic carbocycles. The van der Waals surface area contributed by atoms with Gasteiger partial charge in [-0.1, -0.05) is 19.1 Å². The minimum Gasteiger partial charge on any atom is -0.497 e. The van der Waals surface area contributed by atoms with Crippen LogP contribution < -0.4 is 10.1 Å². The highest BCUT2D eigenvalue weighted by molar-refractivity contribution is 5.37. The van der Waals surface area contributed by atoms with E-state index in [1.165, 1.54) is 5.56 Å². The smallest absolute Gasteiger partial charge is 0.119 e. The summed E-state index contributed by atoms with van der Waals surface area (Å²) in [5.41, 5.74) is 0.747. The van der Waals surface area contributed by atoms with E-state index in [9.17, 15) is 5.26 Å². The summed E-state index contributed by atoms with van der Waals surface area (Å²) in [6.07, 6.45) is 1.78. The monoisotopic (exact) mass is 272 g/mol. The van der Waals surface area contributed by atoms with Crippen LogP contribution in [0, 0.1) is 16.7 Å². The van der Waals surface area contributed by atoms with E-state index in [2.05, 4.69) is 51.2 Å². The molecule has 3 nitrogen and oxygen atoms in total. The first-order chi connectivity index (χ1) is 9.24. The fourth-order valence-corrected chi connectivity index (χ4v) is 3.03. The van der Waals surface area contributed by atoms with Crippen molar-refractivity contribution in [3.05, 3.63) is 29.8 Å². The lowest BCUT2D eigenvalue weighted by molar-refractivity contribution is 0.333. The summed E-state index contributed by atoms with van der Waals surface area (Å²) in [6.45, 7) is 8.51. The topological polar surface area (TPSA) is 45.0 Å². The zero-order chi connectivity index (χ0) is 15.0. The Morgan fingerprint density at radius 1 is 1.40 bits per heavy atom. The highest BCUT2D eigenvalue weighted by Crippen LogP contribution is 2.58. The van der Waals surface area contributed by atoms with Gasteiger partial charge in [-0.15, -0.1) is 0 Å². The van der Waals surface area contributed by atoms with Crippen molar-refractivity contribution >= 4 is 0 Å². The molecule has 108 valence electrons. The van der Waals surface area contributed by atoms with Crippen LogP contribution in [0.1, 0.15) is 39.7 Å². The Kier molecular flexibility index (Phi) is 3.56. The summed E-state index contributed by atoms with van der Waals surface area (Å²) in [5, 5.41) is 13.1. The van der Waals surface area contributed by atoms with Gasteiger partial charge < -0.3 is 4.74 Å². The first kappa shape index (κ1) is 14.9. The zero-order valence-corrected chi connectivity index (χ0v) is 13.1. The van der Waals surface area contributed by atoms with Crippen LogP contribution in [0.4, 0.5) is 0 Å². The Bertz CT molecular complexity index is 541. The Hall–Kier alpha value is -1.53. The standard InChI is InChI=1S/C17H24N2O/c1-15(2,3)19-17(12-18)11-16(17,4)10-13-7-6-8-14(9-13)20-5/h6-9,19H,10-11H2,1-5H3/t16-,17-/m1/s1. The van der Waals surface area contributed by atoms with Crippen molar-refractivity contribution in [3.63, 3.8) is 0 Å². The van der Waals surface area contributed by atoms with Crippen LogP contribution in [0.3, 0.4) is 0 Å². The molecule has 0 unspecified atom stereocenters. The van der Waals surface area contributed by atoms with E-state index >= 15 is 0 Å². The Labute approximate surface area is 121 Å². The third-order valence-corrected chi connectivity index (χ3v) is 4.07. The lowest BCUT2D eigenvalue weighted by Gasteiger charge is -2.28. The number of ether oxygens (including phenoxy) is 1. The summed E-state index contributed by atoms with van der Waals surface area (Å²) in [7, 11) is 1.68. The van der Waals surface area contributed by atoms with Gasteiger partial charge in [0.25, 0.3) is 0 Å². The van der Waals surface area contributed by atoms with Crippen LogP contribution in [-0.2, 0) is 6.42 Å². The van der Waals surface area contributed by atoms with E-state index in [4.69, 9.17) is 4.74 Å². The molecule has 0 spiro atoms. The second-order valence-corrected chi connectivity index (χ2v) is 7.16. The Morgan fingerprint density at radius 3 is 2.65 bits per heavy atom. The van der Waals surface area contributed by atoms with Gasteiger partial charge >= 0.3 is 0 Å². The molecule has 0 heterocycles. The maximum absolute atomic E-state index is 9.60. The maximum atomic E-state index is 9.60. The van der Waals surface area contributed by atoms with Gasteiger partial charge in [-0.05, 0) is 51.3 Å². The Balaban J connectivity index is 2.16. The Morgan fingerprint density at radius 2 is 2.10 bits per heavy atom. The number of hydrogen-bond donors (Lipinski definition) is 1. The number of rotatable bonds is 4. The van der Waals surface area contributed by atoms with Crippen LogP contribution in [0.25, 0.3) is 0 Å². The number of methoxy groups -OCH3 is 1. The van der Waals surface area contributed by atoms with Gasteiger partial charge in [0.05, 0.1) is 13.2 Å². The molecule has 1 N–H and O–H groups in total. The van der Waals surface area contributed by atoms with Gasteiger partial charge in [-0.25, -0.2) is 0 Å². The number of hydrogen-bond acceptors (Lipinski definition) is 3. The molecule has 0 aliphatic heterocycles. The molecular weight excluding hydrogens is 248 g/mol. The molecule has 3 heteroatoms. The summed E-state index contributed by atoms with van der Waals surface area (Å²) < 4.78 is 5.27. The number of nitrogens with zero attached hydrogens (tertiary/aromatic N) is 1. The zero-order valence-electron chi connectivity index (χ0n) is 13.1. The maximum Gasteiger partial charge on any atom is 0.119 e. The quantitative estimate of drug-likeness (QED) is 0.914. The van der Waals surface area contributed by atoms with Crippen molar-refractivity contribution in [1.82, 2.24) is 5.32 Å². The van der Waals surface area contributed by atoms with Gasteiger partial charge in [0.2, 0.25) is 0 Å². The second-order valence-electron chi connectivity index (χ2n) is 7.16. The van der Waals surface area contributed by atoms with Gasteiger partial charge in [0.1, 0.15) is 11.3 Å². The van der Waals surface area contributed by atoms with Crippen LogP contribution in [0.2, 0.25) is 0 Å². The van der Waals surface area contributed by atoms with Crippen LogP contribution in [0.15, 0.2) is 24.3 Å².